The molecule has 88 valence electrons. The molecule has 0 spiro atoms. The zero-order valence-electron chi connectivity index (χ0n) is 9.50. The molecule has 0 bridgehead atoms. The van der Waals surface area contributed by atoms with Crippen LogP contribution >= 0.6 is 11.3 Å². The van der Waals surface area contributed by atoms with E-state index < -0.39 is 0 Å². The van der Waals surface area contributed by atoms with Crippen molar-refractivity contribution in [3.63, 3.8) is 0 Å². The van der Waals surface area contributed by atoms with Gasteiger partial charge in [0.2, 0.25) is 0 Å². The van der Waals surface area contributed by atoms with E-state index in [-0.39, 0.29) is 5.92 Å². The Balaban J connectivity index is 2.32. The van der Waals surface area contributed by atoms with Gasteiger partial charge in [0.05, 0.1) is 17.1 Å². The largest absolute Gasteiger partial charge is 0.467 e. The minimum absolute atomic E-state index is 0.0210. The van der Waals surface area contributed by atoms with Crippen molar-refractivity contribution in [1.82, 2.24) is 4.98 Å². The maximum Gasteiger partial charge on any atom is 0.293 e. The van der Waals surface area contributed by atoms with Crippen molar-refractivity contribution in [2.45, 2.75) is 12.8 Å². The molecular weight excluding hydrogens is 234 g/mol. The number of ether oxygens (including phenoxy) is 1. The fourth-order valence-electron chi connectivity index (χ4n) is 1.80. The van der Waals surface area contributed by atoms with Gasteiger partial charge in [-0.3, -0.25) is 4.79 Å². The van der Waals surface area contributed by atoms with Crippen LogP contribution in [0.2, 0.25) is 0 Å². The third kappa shape index (κ3) is 2.71. The van der Waals surface area contributed by atoms with Crippen LogP contribution in [-0.4, -0.2) is 18.1 Å². The Morgan fingerprint density at radius 3 is 2.76 bits per heavy atom. The van der Waals surface area contributed by atoms with E-state index in [1.165, 1.54) is 0 Å². The highest BCUT2D eigenvalue weighted by molar-refractivity contribution is 7.09. The number of aryl methyl sites for hydroxylation is 1. The maximum atomic E-state index is 10.4. The van der Waals surface area contributed by atoms with E-state index in [1.807, 2.05) is 42.8 Å². The summed E-state index contributed by atoms with van der Waals surface area (Å²) in [5.74, 6) is 0.0210. The van der Waals surface area contributed by atoms with Crippen LogP contribution in [0.3, 0.4) is 0 Å². The fourth-order valence-corrected chi connectivity index (χ4v) is 2.44. The lowest BCUT2D eigenvalue weighted by Crippen LogP contribution is -2.10. The monoisotopic (exact) mass is 247 g/mol. The quantitative estimate of drug-likeness (QED) is 0.763. The number of hydrogen-bond acceptors (Lipinski definition) is 4. The summed E-state index contributed by atoms with van der Waals surface area (Å²) in [4.78, 5) is 15.9. The highest BCUT2D eigenvalue weighted by atomic mass is 32.1. The van der Waals surface area contributed by atoms with Gasteiger partial charge >= 0.3 is 0 Å². The minimum atomic E-state index is 0.0210. The average molecular weight is 247 g/mol. The average Bonchev–Trinajstić information content (AvgIpc) is 2.78. The van der Waals surface area contributed by atoms with E-state index in [9.17, 15) is 4.79 Å². The first-order chi connectivity index (χ1) is 8.33. The van der Waals surface area contributed by atoms with Crippen LogP contribution in [0.15, 0.2) is 35.8 Å². The molecule has 3 nitrogen and oxygen atoms in total. The Hall–Kier alpha value is -1.68. The van der Waals surface area contributed by atoms with Crippen molar-refractivity contribution < 1.29 is 9.53 Å². The number of rotatable bonds is 5. The molecule has 17 heavy (non-hydrogen) atoms. The Kier molecular flexibility index (Phi) is 3.88. The van der Waals surface area contributed by atoms with Gasteiger partial charge in [-0.15, -0.1) is 11.3 Å². The van der Waals surface area contributed by atoms with Crippen LogP contribution in [0.25, 0.3) is 0 Å². The van der Waals surface area contributed by atoms with Gasteiger partial charge in [0, 0.05) is 4.88 Å². The highest BCUT2D eigenvalue weighted by Gasteiger charge is 2.19. The summed E-state index contributed by atoms with van der Waals surface area (Å²) in [6.45, 7) is 2.85. The zero-order chi connectivity index (χ0) is 12.1. The van der Waals surface area contributed by atoms with Gasteiger partial charge in [0.1, 0.15) is 6.61 Å². The number of benzene rings is 1. The van der Waals surface area contributed by atoms with Gasteiger partial charge in [-0.05, 0) is 12.5 Å². The van der Waals surface area contributed by atoms with Gasteiger partial charge in [-0.2, -0.15) is 0 Å². The second-order valence-corrected chi connectivity index (χ2v) is 4.75. The SMILES string of the molecule is Cc1scnc1C(COC=O)c1ccccc1. The summed E-state index contributed by atoms with van der Waals surface area (Å²) >= 11 is 1.61. The van der Waals surface area contributed by atoms with E-state index in [0.717, 1.165) is 16.1 Å². The molecule has 0 N–H and O–H groups in total. The molecule has 0 aliphatic carbocycles. The van der Waals surface area contributed by atoms with Gasteiger partial charge < -0.3 is 4.74 Å². The molecule has 0 saturated carbocycles. The summed E-state index contributed by atoms with van der Waals surface area (Å²) in [5, 5.41) is 0. The fraction of sp³-hybridized carbons (Fsp3) is 0.231. The minimum Gasteiger partial charge on any atom is -0.467 e. The van der Waals surface area contributed by atoms with Crippen LogP contribution in [0, 0.1) is 6.92 Å². The van der Waals surface area contributed by atoms with Crippen LogP contribution in [0.1, 0.15) is 22.1 Å². The predicted octanol–water partition coefficient (Wildman–Crippen LogP) is 2.76. The summed E-state index contributed by atoms with van der Waals surface area (Å²) < 4.78 is 4.91. The topological polar surface area (TPSA) is 39.2 Å². The van der Waals surface area contributed by atoms with E-state index >= 15 is 0 Å². The van der Waals surface area contributed by atoms with Crippen LogP contribution in [0.4, 0.5) is 0 Å². The molecule has 0 aliphatic rings. The number of carbonyl (C=O) groups is 1. The summed E-state index contributed by atoms with van der Waals surface area (Å²) in [6, 6.07) is 9.97. The second-order valence-electron chi connectivity index (χ2n) is 3.69. The van der Waals surface area contributed by atoms with Crippen LogP contribution in [-0.2, 0) is 9.53 Å². The Morgan fingerprint density at radius 1 is 1.41 bits per heavy atom. The highest BCUT2D eigenvalue weighted by Crippen LogP contribution is 2.27. The van der Waals surface area contributed by atoms with Gasteiger partial charge in [0.15, 0.2) is 0 Å². The number of nitrogens with zero attached hydrogens (tertiary/aromatic N) is 1. The Labute approximate surface area is 104 Å². The summed E-state index contributed by atoms with van der Waals surface area (Å²) in [7, 11) is 0. The molecule has 4 heteroatoms. The predicted molar refractivity (Wildman–Crippen MR) is 67.2 cm³/mol. The number of aromatic nitrogens is 1. The van der Waals surface area contributed by atoms with Crippen molar-refractivity contribution in [3.05, 3.63) is 52.0 Å². The lowest BCUT2D eigenvalue weighted by Gasteiger charge is -2.15. The summed E-state index contributed by atoms with van der Waals surface area (Å²) in [5.41, 5.74) is 3.92. The van der Waals surface area contributed by atoms with Gasteiger partial charge in [-0.25, -0.2) is 4.98 Å². The molecule has 0 saturated heterocycles. The molecule has 2 aromatic rings. The first-order valence-corrected chi connectivity index (χ1v) is 6.21. The molecule has 0 fully saturated rings. The van der Waals surface area contributed by atoms with Crippen molar-refractivity contribution >= 4 is 17.8 Å². The third-order valence-corrected chi connectivity index (χ3v) is 3.42. The van der Waals surface area contributed by atoms with Crippen molar-refractivity contribution in [3.8, 4) is 0 Å². The first kappa shape index (κ1) is 11.8. The Morgan fingerprint density at radius 2 is 2.18 bits per heavy atom. The molecule has 0 amide bonds. The van der Waals surface area contributed by atoms with E-state index in [0.29, 0.717) is 13.1 Å². The van der Waals surface area contributed by atoms with E-state index in [2.05, 4.69) is 4.98 Å². The molecule has 2 rings (SSSR count). The maximum absolute atomic E-state index is 10.4. The number of hydrogen-bond donors (Lipinski definition) is 0. The van der Waals surface area contributed by atoms with Crippen LogP contribution < -0.4 is 0 Å². The standard InChI is InChI=1S/C13H13NO2S/c1-10-13(14-8-17-10)12(7-16-9-15)11-5-3-2-4-6-11/h2-6,8-9,12H,7H2,1H3. The van der Waals surface area contributed by atoms with E-state index in [1.54, 1.807) is 11.3 Å². The normalized spacial score (nSPS) is 12.1. The molecule has 1 heterocycles. The Bertz CT molecular complexity index is 481. The summed E-state index contributed by atoms with van der Waals surface area (Å²) in [6.07, 6.45) is 0. The van der Waals surface area contributed by atoms with Crippen LogP contribution in [0.5, 0.6) is 0 Å². The first-order valence-electron chi connectivity index (χ1n) is 5.33. The molecule has 1 aromatic carbocycles. The smallest absolute Gasteiger partial charge is 0.293 e. The van der Waals surface area contributed by atoms with E-state index in [4.69, 9.17) is 4.74 Å². The molecule has 0 aliphatic heterocycles. The lowest BCUT2D eigenvalue weighted by atomic mass is 9.96. The lowest BCUT2D eigenvalue weighted by molar-refractivity contribution is -0.128. The molecule has 1 unspecified atom stereocenters. The molecule has 1 atom stereocenters. The number of thiazole rings is 1. The van der Waals surface area contributed by atoms with Crippen molar-refractivity contribution in [2.24, 2.45) is 0 Å². The van der Waals surface area contributed by atoms with Crippen molar-refractivity contribution in [2.75, 3.05) is 6.61 Å². The van der Waals surface area contributed by atoms with Gasteiger partial charge in [-0.1, -0.05) is 30.3 Å². The van der Waals surface area contributed by atoms with Gasteiger partial charge in [0.25, 0.3) is 6.47 Å². The number of carbonyl (C=O) groups excluding carboxylic acids is 1. The second kappa shape index (κ2) is 5.59. The molecule has 1 aromatic heterocycles. The van der Waals surface area contributed by atoms with Crippen molar-refractivity contribution in [1.29, 1.82) is 0 Å². The third-order valence-electron chi connectivity index (χ3n) is 2.64. The zero-order valence-corrected chi connectivity index (χ0v) is 10.3. The molecular formula is C13H13NO2S. The molecule has 0 radical (unpaired) electrons.